The highest BCUT2D eigenvalue weighted by Crippen LogP contribution is 2.26. The first-order valence-corrected chi connectivity index (χ1v) is 8.34. The first kappa shape index (κ1) is 16.4. The smallest absolute Gasteiger partial charge is 0.349 e. The van der Waals surface area contributed by atoms with Crippen LogP contribution >= 0.6 is 22.9 Å². The monoisotopic (exact) mass is 360 g/mol. The van der Waals surface area contributed by atoms with E-state index in [0.29, 0.717) is 15.7 Å². The Balaban J connectivity index is 1.64. The molecule has 0 unspecified atom stereocenters. The van der Waals surface area contributed by atoms with Crippen molar-refractivity contribution in [2.24, 2.45) is 0 Å². The van der Waals surface area contributed by atoms with E-state index in [1.807, 2.05) is 24.3 Å². The maximum Gasteiger partial charge on any atom is 0.349 e. The van der Waals surface area contributed by atoms with Crippen molar-refractivity contribution in [3.8, 4) is 0 Å². The summed E-state index contributed by atoms with van der Waals surface area (Å²) < 4.78 is 6.22. The summed E-state index contributed by atoms with van der Waals surface area (Å²) in [6, 6.07) is 12.6. The van der Waals surface area contributed by atoms with Crippen molar-refractivity contribution in [1.82, 2.24) is 4.98 Å². The number of aromatic nitrogens is 1. The lowest BCUT2D eigenvalue weighted by atomic mass is 10.2. The molecule has 1 N–H and O–H groups in total. The second kappa shape index (κ2) is 6.98. The van der Waals surface area contributed by atoms with E-state index in [0.717, 1.165) is 10.1 Å². The molecular weight excluding hydrogens is 348 g/mol. The summed E-state index contributed by atoms with van der Waals surface area (Å²) >= 11 is 7.07. The van der Waals surface area contributed by atoms with Gasteiger partial charge in [0.15, 0.2) is 6.10 Å². The molecule has 0 saturated heterocycles. The number of nitrogens with zero attached hydrogens (tertiary/aromatic N) is 1. The Kier molecular flexibility index (Phi) is 4.78. The van der Waals surface area contributed by atoms with Crippen LogP contribution in [0.1, 0.15) is 16.6 Å². The van der Waals surface area contributed by atoms with E-state index in [-0.39, 0.29) is 0 Å². The Morgan fingerprint density at radius 2 is 2.04 bits per heavy atom. The normalized spacial score (nSPS) is 11.9. The second-order valence-electron chi connectivity index (χ2n) is 5.05. The molecule has 2 heterocycles. The highest BCUT2D eigenvalue weighted by molar-refractivity contribution is 7.20. The Labute approximate surface area is 147 Å². The van der Waals surface area contributed by atoms with Crippen LogP contribution < -0.4 is 5.32 Å². The number of hydrogen-bond acceptors (Lipinski definition) is 5. The van der Waals surface area contributed by atoms with E-state index < -0.39 is 18.0 Å². The maximum atomic E-state index is 12.2. The SMILES string of the molecule is C[C@@H](OC(=O)c1cc2ccccc2s1)C(=O)Nc1ccc(Cl)cn1. The highest BCUT2D eigenvalue weighted by Gasteiger charge is 2.20. The Morgan fingerprint density at radius 3 is 2.75 bits per heavy atom. The first-order valence-electron chi connectivity index (χ1n) is 7.15. The minimum absolute atomic E-state index is 0.342. The molecule has 122 valence electrons. The molecular formula is C17H13ClN2O3S. The van der Waals surface area contributed by atoms with Crippen molar-refractivity contribution in [3.63, 3.8) is 0 Å². The third-order valence-corrected chi connectivity index (χ3v) is 4.58. The lowest BCUT2D eigenvalue weighted by Crippen LogP contribution is -2.30. The van der Waals surface area contributed by atoms with Gasteiger partial charge in [-0.3, -0.25) is 4.79 Å². The van der Waals surface area contributed by atoms with Gasteiger partial charge in [0.1, 0.15) is 10.7 Å². The van der Waals surface area contributed by atoms with Crippen molar-refractivity contribution >= 4 is 50.7 Å². The molecule has 0 bridgehead atoms. The number of benzene rings is 1. The average molecular weight is 361 g/mol. The van der Waals surface area contributed by atoms with Gasteiger partial charge in [-0.2, -0.15) is 0 Å². The van der Waals surface area contributed by atoms with E-state index in [9.17, 15) is 9.59 Å². The van der Waals surface area contributed by atoms with Gasteiger partial charge in [0, 0.05) is 10.9 Å². The van der Waals surface area contributed by atoms with Crippen molar-refractivity contribution in [2.45, 2.75) is 13.0 Å². The Hall–Kier alpha value is -2.44. The van der Waals surface area contributed by atoms with Crippen LogP contribution in [0.15, 0.2) is 48.7 Å². The molecule has 7 heteroatoms. The molecule has 0 spiro atoms. The molecule has 0 aliphatic heterocycles. The highest BCUT2D eigenvalue weighted by atomic mass is 35.5. The minimum Gasteiger partial charge on any atom is -0.448 e. The van der Waals surface area contributed by atoms with Gasteiger partial charge < -0.3 is 10.1 Å². The fourth-order valence-corrected chi connectivity index (χ4v) is 3.09. The topological polar surface area (TPSA) is 68.3 Å². The van der Waals surface area contributed by atoms with Crippen molar-refractivity contribution in [2.75, 3.05) is 5.32 Å². The third kappa shape index (κ3) is 3.72. The lowest BCUT2D eigenvalue weighted by molar-refractivity contribution is -0.123. The number of rotatable bonds is 4. The van der Waals surface area contributed by atoms with Crippen LogP contribution in [0, 0.1) is 0 Å². The number of hydrogen-bond donors (Lipinski definition) is 1. The van der Waals surface area contributed by atoms with Crippen LogP contribution in [0.25, 0.3) is 10.1 Å². The summed E-state index contributed by atoms with van der Waals surface area (Å²) in [4.78, 5) is 28.7. The van der Waals surface area contributed by atoms with Crippen LogP contribution in [0.5, 0.6) is 0 Å². The van der Waals surface area contributed by atoms with Gasteiger partial charge in [0.2, 0.25) is 0 Å². The predicted molar refractivity (Wildman–Crippen MR) is 94.6 cm³/mol. The molecule has 0 saturated carbocycles. The summed E-state index contributed by atoms with van der Waals surface area (Å²) in [5.74, 6) is -0.642. The lowest BCUT2D eigenvalue weighted by Gasteiger charge is -2.12. The molecule has 1 aromatic carbocycles. The van der Waals surface area contributed by atoms with Gasteiger partial charge in [-0.15, -0.1) is 11.3 Å². The Bertz CT molecular complexity index is 859. The number of ether oxygens (including phenoxy) is 1. The maximum absolute atomic E-state index is 12.2. The molecule has 0 fully saturated rings. The Morgan fingerprint density at radius 1 is 1.25 bits per heavy atom. The van der Waals surface area contributed by atoms with Gasteiger partial charge in [-0.05, 0) is 36.6 Å². The van der Waals surface area contributed by atoms with Crippen LogP contribution in [0.4, 0.5) is 5.82 Å². The van der Waals surface area contributed by atoms with Crippen LogP contribution in [-0.2, 0) is 9.53 Å². The largest absolute Gasteiger partial charge is 0.448 e. The predicted octanol–water partition coefficient (Wildman–Crippen LogP) is 4.13. The number of esters is 1. The molecule has 1 atom stereocenters. The van der Waals surface area contributed by atoms with Crippen molar-refractivity contribution in [1.29, 1.82) is 0 Å². The molecule has 1 amide bonds. The molecule has 24 heavy (non-hydrogen) atoms. The minimum atomic E-state index is -0.944. The molecule has 3 aromatic rings. The number of pyridine rings is 1. The van der Waals surface area contributed by atoms with E-state index in [1.54, 1.807) is 18.2 Å². The number of anilines is 1. The number of nitrogens with one attached hydrogen (secondary N) is 1. The van der Waals surface area contributed by atoms with Crippen molar-refractivity contribution < 1.29 is 14.3 Å². The number of amides is 1. The van der Waals surface area contributed by atoms with Crippen LogP contribution in [0.3, 0.4) is 0 Å². The quantitative estimate of drug-likeness (QED) is 0.710. The van der Waals surface area contributed by atoms with Gasteiger partial charge in [0.25, 0.3) is 5.91 Å². The molecule has 2 aromatic heterocycles. The zero-order chi connectivity index (χ0) is 17.1. The zero-order valence-corrected chi connectivity index (χ0v) is 14.2. The average Bonchev–Trinajstić information content (AvgIpc) is 3.01. The molecule has 5 nitrogen and oxygen atoms in total. The summed E-state index contributed by atoms with van der Waals surface area (Å²) in [5.41, 5.74) is 0. The van der Waals surface area contributed by atoms with Crippen molar-refractivity contribution in [3.05, 3.63) is 58.6 Å². The zero-order valence-electron chi connectivity index (χ0n) is 12.7. The second-order valence-corrected chi connectivity index (χ2v) is 6.57. The molecule has 0 aliphatic carbocycles. The fourth-order valence-electron chi connectivity index (χ4n) is 2.03. The molecule has 3 rings (SSSR count). The summed E-state index contributed by atoms with van der Waals surface area (Å²) in [5, 5.41) is 4.01. The standard InChI is InChI=1S/C17H13ClN2O3S/c1-10(16(21)20-15-7-6-12(18)9-19-15)23-17(22)14-8-11-4-2-3-5-13(11)24-14/h2-10H,1H3,(H,19,20,21)/t10-/m1/s1. The number of carbonyl (C=O) groups excluding carboxylic acids is 2. The first-order chi connectivity index (χ1) is 11.5. The molecule has 0 radical (unpaired) electrons. The van der Waals surface area contributed by atoms with Crippen LogP contribution in [0.2, 0.25) is 5.02 Å². The molecule has 0 aliphatic rings. The van der Waals surface area contributed by atoms with Crippen LogP contribution in [-0.4, -0.2) is 23.0 Å². The van der Waals surface area contributed by atoms with Gasteiger partial charge >= 0.3 is 5.97 Å². The number of carbonyl (C=O) groups is 2. The van der Waals surface area contributed by atoms with E-state index in [4.69, 9.17) is 16.3 Å². The van der Waals surface area contributed by atoms with E-state index >= 15 is 0 Å². The van der Waals surface area contributed by atoms with E-state index in [2.05, 4.69) is 10.3 Å². The van der Waals surface area contributed by atoms with Gasteiger partial charge in [-0.25, -0.2) is 9.78 Å². The summed E-state index contributed by atoms with van der Waals surface area (Å²) in [6.45, 7) is 1.51. The number of fused-ring (bicyclic) bond motifs is 1. The fraction of sp³-hybridized carbons (Fsp3) is 0.118. The number of halogens is 1. The van der Waals surface area contributed by atoms with E-state index in [1.165, 1.54) is 24.5 Å². The summed E-state index contributed by atoms with van der Waals surface area (Å²) in [7, 11) is 0. The third-order valence-electron chi connectivity index (χ3n) is 3.26. The summed E-state index contributed by atoms with van der Waals surface area (Å²) in [6.07, 6.45) is 0.477. The van der Waals surface area contributed by atoms with Gasteiger partial charge in [0.05, 0.1) is 5.02 Å². The number of thiophene rings is 1. The van der Waals surface area contributed by atoms with Gasteiger partial charge in [-0.1, -0.05) is 29.8 Å².